The summed E-state index contributed by atoms with van der Waals surface area (Å²) in [4.78, 5) is 1.97. The first-order valence-electron chi connectivity index (χ1n) is 10.1. The van der Waals surface area contributed by atoms with Crippen LogP contribution in [0.5, 0.6) is 0 Å². The van der Waals surface area contributed by atoms with Crippen molar-refractivity contribution in [1.29, 1.82) is 0 Å². The summed E-state index contributed by atoms with van der Waals surface area (Å²) in [6, 6.07) is 20.8. The van der Waals surface area contributed by atoms with Gasteiger partial charge in [0, 0.05) is 0 Å². The number of rotatable bonds is 9. The van der Waals surface area contributed by atoms with Gasteiger partial charge in [0.25, 0.3) is 18.4 Å². The molecule has 0 saturated carbocycles. The summed E-state index contributed by atoms with van der Waals surface area (Å²) in [5.74, 6) is 0. The van der Waals surface area contributed by atoms with Gasteiger partial charge in [-0.2, -0.15) is 8.42 Å². The predicted molar refractivity (Wildman–Crippen MR) is 126 cm³/mol. The van der Waals surface area contributed by atoms with Gasteiger partial charge in [0.15, 0.2) is 0 Å². The van der Waals surface area contributed by atoms with E-state index in [1.807, 2.05) is 62.3 Å². The van der Waals surface area contributed by atoms with Crippen LogP contribution in [0.1, 0.15) is 27.7 Å². The highest BCUT2D eigenvalue weighted by Crippen LogP contribution is 2.37. The molecule has 2 rings (SSSR count). The van der Waals surface area contributed by atoms with E-state index in [2.05, 4.69) is 45.0 Å². The monoisotopic (exact) mass is 449 g/mol. The van der Waals surface area contributed by atoms with Crippen molar-refractivity contribution in [2.24, 2.45) is 0 Å². The maximum absolute atomic E-state index is 11.6. The molecule has 0 aliphatic carbocycles. The van der Waals surface area contributed by atoms with Crippen molar-refractivity contribution in [2.75, 3.05) is 33.6 Å². The van der Waals surface area contributed by atoms with Crippen LogP contribution in [0, 0.1) is 0 Å². The third kappa shape index (κ3) is 5.59. The van der Waals surface area contributed by atoms with Crippen LogP contribution < -0.4 is 10.4 Å². The van der Waals surface area contributed by atoms with Gasteiger partial charge in [-0.25, -0.2) is 0 Å². The van der Waals surface area contributed by atoms with E-state index in [0.717, 1.165) is 6.26 Å². The van der Waals surface area contributed by atoms with E-state index in [4.69, 9.17) is 8.61 Å². The lowest BCUT2D eigenvalue weighted by Gasteiger charge is -2.46. The first kappa shape index (κ1) is 24.8. The first-order chi connectivity index (χ1) is 13.8. The predicted octanol–water partition coefficient (Wildman–Crippen LogP) is 2.86. The van der Waals surface area contributed by atoms with E-state index < -0.39 is 24.0 Å². The second-order valence-corrected chi connectivity index (χ2v) is 15.3. The fourth-order valence-electron chi connectivity index (χ4n) is 3.56. The Balaban J connectivity index is 2.55. The Morgan fingerprint density at radius 3 is 1.60 bits per heavy atom. The molecule has 5 nitrogen and oxygen atoms in total. The minimum absolute atomic E-state index is 0.0248. The summed E-state index contributed by atoms with van der Waals surface area (Å²) < 4.78 is 35.4. The fourth-order valence-corrected chi connectivity index (χ4v) is 8.71. The average molecular weight is 450 g/mol. The largest absolute Gasteiger partial charge is 0.405 e. The first-order valence-corrected chi connectivity index (χ1v) is 13.8. The van der Waals surface area contributed by atoms with Crippen LogP contribution in [-0.2, 0) is 18.7 Å². The van der Waals surface area contributed by atoms with Crippen molar-refractivity contribution in [2.45, 2.75) is 38.3 Å². The third-order valence-corrected chi connectivity index (χ3v) is 11.2. The van der Waals surface area contributed by atoms with E-state index >= 15 is 0 Å². The summed E-state index contributed by atoms with van der Waals surface area (Å²) in [6.45, 7) is 8.99. The molecule has 30 heavy (non-hydrogen) atoms. The van der Waals surface area contributed by atoms with Gasteiger partial charge >= 0.3 is 0 Å². The van der Waals surface area contributed by atoms with Crippen LogP contribution in [0.15, 0.2) is 60.7 Å². The zero-order valence-electron chi connectivity index (χ0n) is 19.2. The Morgan fingerprint density at radius 2 is 1.27 bits per heavy atom. The van der Waals surface area contributed by atoms with Crippen LogP contribution in [0.2, 0.25) is 5.04 Å². The molecule has 0 amide bonds. The van der Waals surface area contributed by atoms with Crippen molar-refractivity contribution in [3.05, 3.63) is 60.7 Å². The van der Waals surface area contributed by atoms with Crippen LogP contribution in [0.3, 0.4) is 0 Å². The molecule has 0 aromatic heterocycles. The van der Waals surface area contributed by atoms with Crippen LogP contribution in [-0.4, -0.2) is 60.7 Å². The van der Waals surface area contributed by atoms with Gasteiger partial charge in [0.1, 0.15) is 0 Å². The van der Waals surface area contributed by atoms with E-state index in [1.165, 1.54) is 10.4 Å². The molecule has 2 aromatic carbocycles. The fraction of sp³-hybridized carbons (Fsp3) is 0.478. The van der Waals surface area contributed by atoms with Gasteiger partial charge < -0.3 is 4.43 Å². The second kappa shape index (κ2) is 9.32. The Morgan fingerprint density at radius 1 is 0.833 bits per heavy atom. The number of nitrogens with zero attached hydrogens (tertiary/aromatic N) is 1. The SMILES string of the molecule is CN(C)C(C)(CO[Si](c1ccccc1)(c1ccccc1)C(C)(C)C)COS(C)(=O)=O. The lowest BCUT2D eigenvalue weighted by molar-refractivity contribution is 0.0483. The van der Waals surface area contributed by atoms with Crippen molar-refractivity contribution in [3.63, 3.8) is 0 Å². The zero-order chi connectivity index (χ0) is 22.6. The van der Waals surface area contributed by atoms with Crippen LogP contribution in [0.25, 0.3) is 0 Å². The number of hydrogen-bond acceptors (Lipinski definition) is 5. The van der Waals surface area contributed by atoms with Gasteiger partial charge in [-0.15, -0.1) is 0 Å². The summed E-state index contributed by atoms with van der Waals surface area (Å²) in [5, 5.41) is 2.23. The molecular weight excluding hydrogens is 414 g/mol. The smallest absolute Gasteiger partial charge is 0.264 e. The highest BCUT2D eigenvalue weighted by atomic mass is 32.2. The van der Waals surface area contributed by atoms with Crippen molar-refractivity contribution >= 4 is 28.8 Å². The quantitative estimate of drug-likeness (QED) is 0.435. The number of hydrogen-bond donors (Lipinski definition) is 0. The van der Waals surface area contributed by atoms with Crippen LogP contribution in [0.4, 0.5) is 0 Å². The van der Waals surface area contributed by atoms with Gasteiger partial charge in [0.2, 0.25) is 0 Å². The highest BCUT2D eigenvalue weighted by molar-refractivity contribution is 7.85. The molecule has 1 unspecified atom stereocenters. The molecule has 0 fully saturated rings. The van der Waals surface area contributed by atoms with E-state index in [-0.39, 0.29) is 11.6 Å². The summed E-state index contributed by atoms with van der Waals surface area (Å²) in [6.07, 6.45) is 1.08. The molecule has 0 aliphatic rings. The molecule has 0 aliphatic heterocycles. The second-order valence-electron chi connectivity index (χ2n) is 9.31. The van der Waals surface area contributed by atoms with E-state index in [9.17, 15) is 8.42 Å². The molecule has 0 radical (unpaired) electrons. The van der Waals surface area contributed by atoms with Crippen molar-refractivity contribution in [3.8, 4) is 0 Å². The van der Waals surface area contributed by atoms with Gasteiger partial charge in [-0.3, -0.25) is 9.08 Å². The topological polar surface area (TPSA) is 55.8 Å². The Labute approximate surface area is 183 Å². The Kier molecular flexibility index (Phi) is 7.69. The zero-order valence-corrected chi connectivity index (χ0v) is 21.0. The van der Waals surface area contributed by atoms with Gasteiger partial charge in [-0.1, -0.05) is 81.4 Å². The molecular formula is C23H35NO4SSi. The molecule has 7 heteroatoms. The van der Waals surface area contributed by atoms with E-state index in [1.54, 1.807) is 0 Å². The molecule has 0 saturated heterocycles. The molecule has 0 N–H and O–H groups in total. The standard InChI is InChI=1S/C23H35NO4SSi/c1-22(2,3)30(20-14-10-8-11-15-20,21-16-12-9-13-17-21)28-19-23(4,24(5)6)18-27-29(7,25)26/h8-17H,18-19H2,1-7H3. The summed E-state index contributed by atoms with van der Waals surface area (Å²) in [5.41, 5.74) is -0.615. The average Bonchev–Trinajstić information content (AvgIpc) is 2.67. The Hall–Kier alpha value is -1.51. The molecule has 0 spiro atoms. The third-order valence-electron chi connectivity index (χ3n) is 5.68. The Bertz CT molecular complexity index is 872. The maximum Gasteiger partial charge on any atom is 0.264 e. The lowest BCUT2D eigenvalue weighted by atomic mass is 10.0. The summed E-state index contributed by atoms with van der Waals surface area (Å²) in [7, 11) is -2.43. The molecule has 1 atom stereocenters. The molecule has 2 aromatic rings. The number of likely N-dealkylation sites (N-methyl/N-ethyl adjacent to an activating group) is 1. The molecule has 0 heterocycles. The minimum Gasteiger partial charge on any atom is -0.405 e. The van der Waals surface area contributed by atoms with Crippen LogP contribution >= 0.6 is 0 Å². The van der Waals surface area contributed by atoms with Gasteiger partial charge in [-0.05, 0) is 36.4 Å². The highest BCUT2D eigenvalue weighted by Gasteiger charge is 2.51. The van der Waals surface area contributed by atoms with Gasteiger partial charge in [0.05, 0.1) is 25.0 Å². The maximum atomic E-state index is 11.6. The number of benzene rings is 2. The summed E-state index contributed by atoms with van der Waals surface area (Å²) >= 11 is 0. The van der Waals surface area contributed by atoms with Crippen molar-refractivity contribution in [1.82, 2.24) is 4.90 Å². The molecule has 0 bridgehead atoms. The van der Waals surface area contributed by atoms with Crippen molar-refractivity contribution < 1.29 is 17.0 Å². The van der Waals surface area contributed by atoms with E-state index in [0.29, 0.717) is 6.61 Å². The lowest BCUT2D eigenvalue weighted by Crippen LogP contribution is -2.68. The normalized spacial score (nSPS) is 15.2. The molecule has 166 valence electrons. The minimum atomic E-state index is -3.55.